The normalized spacial score (nSPS) is 10.3. The second-order valence-electron chi connectivity index (χ2n) is 6.34. The van der Waals surface area contributed by atoms with Gasteiger partial charge >= 0.3 is 0 Å². The van der Waals surface area contributed by atoms with Gasteiger partial charge < -0.3 is 10.6 Å². The molecule has 5 heteroatoms. The highest BCUT2D eigenvalue weighted by Gasteiger charge is 2.08. The predicted molar refractivity (Wildman–Crippen MR) is 113 cm³/mol. The van der Waals surface area contributed by atoms with Crippen LogP contribution >= 0.6 is 12.2 Å². The Morgan fingerprint density at radius 3 is 2.15 bits per heavy atom. The van der Waals surface area contributed by atoms with Crippen LogP contribution in [0.15, 0.2) is 66.7 Å². The summed E-state index contributed by atoms with van der Waals surface area (Å²) in [4.78, 5) is 16.8. The first-order valence-corrected chi connectivity index (χ1v) is 9.11. The lowest BCUT2D eigenvalue weighted by molar-refractivity contribution is 0.103. The van der Waals surface area contributed by atoms with Crippen molar-refractivity contribution in [1.29, 1.82) is 0 Å². The molecule has 4 nitrogen and oxygen atoms in total. The topological polar surface area (TPSA) is 54.0 Å². The Kier molecular flexibility index (Phi) is 5.94. The van der Waals surface area contributed by atoms with Crippen molar-refractivity contribution in [3.63, 3.8) is 0 Å². The van der Waals surface area contributed by atoms with Crippen LogP contribution in [0.5, 0.6) is 0 Å². The lowest BCUT2D eigenvalue weighted by Crippen LogP contribution is -2.28. The molecule has 0 bridgehead atoms. The van der Waals surface area contributed by atoms with Gasteiger partial charge in [0.25, 0.3) is 0 Å². The minimum absolute atomic E-state index is 0.0238. The first-order valence-electron chi connectivity index (χ1n) is 8.70. The van der Waals surface area contributed by atoms with Gasteiger partial charge in [-0.1, -0.05) is 54.6 Å². The Bertz CT molecular complexity index is 933. The number of hydrogen-bond donors (Lipinski definition) is 2. The zero-order valence-electron chi connectivity index (χ0n) is 15.3. The predicted octanol–water partition coefficient (Wildman–Crippen LogP) is 4.42. The van der Waals surface area contributed by atoms with Gasteiger partial charge in [0.1, 0.15) is 0 Å². The van der Waals surface area contributed by atoms with E-state index in [4.69, 9.17) is 12.2 Å². The van der Waals surface area contributed by atoms with Gasteiger partial charge in [0.05, 0.1) is 0 Å². The van der Waals surface area contributed by atoms with E-state index in [0.29, 0.717) is 22.8 Å². The number of nitrogens with zero attached hydrogens (tertiary/aromatic N) is 1. The highest BCUT2D eigenvalue weighted by atomic mass is 32.1. The SMILES string of the molecule is Cc1cc(NC(=S)NCc2ccc(C(=O)c3ccccc3)cc2)cc(C)n1. The molecule has 0 aliphatic carbocycles. The van der Waals surface area contributed by atoms with E-state index in [1.165, 1.54) is 0 Å². The maximum Gasteiger partial charge on any atom is 0.193 e. The Morgan fingerprint density at radius 2 is 1.52 bits per heavy atom. The molecule has 2 N–H and O–H groups in total. The molecule has 136 valence electrons. The molecule has 0 aliphatic heterocycles. The second kappa shape index (κ2) is 8.56. The van der Waals surface area contributed by atoms with Crippen LogP contribution < -0.4 is 10.6 Å². The maximum absolute atomic E-state index is 12.4. The van der Waals surface area contributed by atoms with Gasteiger partial charge in [0.15, 0.2) is 10.9 Å². The number of aromatic nitrogens is 1. The fourth-order valence-electron chi connectivity index (χ4n) is 2.79. The molecule has 0 radical (unpaired) electrons. The largest absolute Gasteiger partial charge is 0.358 e. The van der Waals surface area contributed by atoms with E-state index in [1.807, 2.05) is 80.6 Å². The minimum atomic E-state index is 0.0238. The Hall–Kier alpha value is -3.05. The van der Waals surface area contributed by atoms with Crippen LogP contribution in [0.3, 0.4) is 0 Å². The summed E-state index contributed by atoms with van der Waals surface area (Å²) in [5.74, 6) is 0.0238. The second-order valence-corrected chi connectivity index (χ2v) is 6.75. The summed E-state index contributed by atoms with van der Waals surface area (Å²) in [6.07, 6.45) is 0. The molecule has 0 saturated carbocycles. The molecule has 3 rings (SSSR count). The zero-order valence-corrected chi connectivity index (χ0v) is 16.1. The smallest absolute Gasteiger partial charge is 0.193 e. The van der Waals surface area contributed by atoms with Gasteiger partial charge in [-0.2, -0.15) is 0 Å². The molecule has 3 aromatic rings. The molecule has 0 fully saturated rings. The van der Waals surface area contributed by atoms with Crippen LogP contribution in [0, 0.1) is 13.8 Å². The number of anilines is 1. The number of thiocarbonyl (C=S) groups is 1. The number of benzene rings is 2. The number of carbonyl (C=O) groups excluding carboxylic acids is 1. The van der Waals surface area contributed by atoms with Crippen LogP contribution in [-0.4, -0.2) is 15.9 Å². The van der Waals surface area contributed by atoms with Crippen LogP contribution in [0.25, 0.3) is 0 Å². The molecular formula is C22H21N3OS. The molecule has 1 aromatic heterocycles. The number of rotatable bonds is 5. The van der Waals surface area contributed by atoms with E-state index >= 15 is 0 Å². The van der Waals surface area contributed by atoms with Crippen molar-refractivity contribution in [1.82, 2.24) is 10.3 Å². The number of hydrogen-bond acceptors (Lipinski definition) is 3. The van der Waals surface area contributed by atoms with Crippen LogP contribution in [-0.2, 0) is 6.54 Å². The molecule has 27 heavy (non-hydrogen) atoms. The Balaban J connectivity index is 1.57. The monoisotopic (exact) mass is 375 g/mol. The van der Waals surface area contributed by atoms with Gasteiger partial charge in [-0.3, -0.25) is 9.78 Å². The molecule has 0 aliphatic rings. The quantitative estimate of drug-likeness (QED) is 0.511. The van der Waals surface area contributed by atoms with Crippen LogP contribution in [0.1, 0.15) is 32.9 Å². The van der Waals surface area contributed by atoms with Gasteiger partial charge in [0, 0.05) is 34.7 Å². The third kappa shape index (κ3) is 5.21. The molecule has 0 saturated heterocycles. The number of nitrogens with one attached hydrogen (secondary N) is 2. The van der Waals surface area contributed by atoms with Crippen molar-refractivity contribution in [2.24, 2.45) is 0 Å². The number of aryl methyl sites for hydroxylation is 2. The summed E-state index contributed by atoms with van der Waals surface area (Å²) in [5, 5.41) is 6.90. The van der Waals surface area contributed by atoms with Crippen molar-refractivity contribution >= 4 is 28.8 Å². The van der Waals surface area contributed by atoms with E-state index in [0.717, 1.165) is 22.6 Å². The van der Waals surface area contributed by atoms with Crippen molar-refractivity contribution in [3.8, 4) is 0 Å². The fourth-order valence-corrected chi connectivity index (χ4v) is 2.98. The number of carbonyl (C=O) groups is 1. The molecule has 1 heterocycles. The van der Waals surface area contributed by atoms with Crippen molar-refractivity contribution in [2.45, 2.75) is 20.4 Å². The summed E-state index contributed by atoms with van der Waals surface area (Å²) in [6, 6.07) is 20.7. The summed E-state index contributed by atoms with van der Waals surface area (Å²) in [6.45, 7) is 4.48. The van der Waals surface area contributed by atoms with Crippen molar-refractivity contribution in [3.05, 3.63) is 94.8 Å². The van der Waals surface area contributed by atoms with Gasteiger partial charge in [-0.05, 0) is 43.8 Å². The lowest BCUT2D eigenvalue weighted by Gasteiger charge is -2.12. The standard InChI is InChI=1S/C22H21N3OS/c1-15-12-20(13-16(2)24-15)25-22(27)23-14-17-8-10-19(11-9-17)21(26)18-6-4-3-5-7-18/h3-13H,14H2,1-2H3,(H2,23,24,25,27). The number of pyridine rings is 1. The van der Waals surface area contributed by atoms with Gasteiger partial charge in [-0.15, -0.1) is 0 Å². The molecular weight excluding hydrogens is 354 g/mol. The molecule has 0 unspecified atom stereocenters. The van der Waals surface area contributed by atoms with Crippen molar-refractivity contribution < 1.29 is 4.79 Å². The third-order valence-corrected chi connectivity index (χ3v) is 4.29. The summed E-state index contributed by atoms with van der Waals surface area (Å²) in [5.41, 5.74) is 5.22. The van der Waals surface area contributed by atoms with Gasteiger partial charge in [0.2, 0.25) is 0 Å². The minimum Gasteiger partial charge on any atom is -0.358 e. The van der Waals surface area contributed by atoms with Crippen LogP contribution in [0.4, 0.5) is 5.69 Å². The van der Waals surface area contributed by atoms with E-state index in [1.54, 1.807) is 0 Å². The summed E-state index contributed by atoms with van der Waals surface area (Å²) in [7, 11) is 0. The molecule has 0 spiro atoms. The lowest BCUT2D eigenvalue weighted by atomic mass is 10.0. The molecule has 0 amide bonds. The van der Waals surface area contributed by atoms with Crippen LogP contribution in [0.2, 0.25) is 0 Å². The van der Waals surface area contributed by atoms with E-state index in [2.05, 4.69) is 15.6 Å². The van der Waals surface area contributed by atoms with Gasteiger partial charge in [-0.25, -0.2) is 0 Å². The third-order valence-electron chi connectivity index (χ3n) is 4.04. The maximum atomic E-state index is 12.4. The molecule has 2 aromatic carbocycles. The summed E-state index contributed by atoms with van der Waals surface area (Å²) >= 11 is 5.36. The van der Waals surface area contributed by atoms with E-state index in [-0.39, 0.29) is 5.78 Å². The highest BCUT2D eigenvalue weighted by molar-refractivity contribution is 7.80. The Labute approximate surface area is 164 Å². The summed E-state index contributed by atoms with van der Waals surface area (Å²) < 4.78 is 0. The average molecular weight is 375 g/mol. The Morgan fingerprint density at radius 1 is 0.926 bits per heavy atom. The zero-order chi connectivity index (χ0) is 19.2. The average Bonchev–Trinajstić information content (AvgIpc) is 2.66. The van der Waals surface area contributed by atoms with Crippen molar-refractivity contribution in [2.75, 3.05) is 5.32 Å². The van der Waals surface area contributed by atoms with E-state index < -0.39 is 0 Å². The molecule has 0 atom stereocenters. The fraction of sp³-hybridized carbons (Fsp3) is 0.136. The first-order chi connectivity index (χ1) is 13.0. The van der Waals surface area contributed by atoms with E-state index in [9.17, 15) is 4.79 Å². The first kappa shape index (κ1) is 18.7. The number of ketones is 1. The highest BCUT2D eigenvalue weighted by Crippen LogP contribution is 2.12.